The zero-order valence-electron chi connectivity index (χ0n) is 9.97. The number of hydrogen-bond donors (Lipinski definition) is 0. The van der Waals surface area contributed by atoms with Crippen molar-refractivity contribution in [2.45, 2.75) is 67.5 Å². The van der Waals surface area contributed by atoms with Gasteiger partial charge in [0.25, 0.3) is 0 Å². The van der Waals surface area contributed by atoms with E-state index in [9.17, 15) is 0 Å². The van der Waals surface area contributed by atoms with E-state index in [1.807, 2.05) is 0 Å². The molecule has 0 aromatic heterocycles. The molecule has 0 aromatic rings. The lowest BCUT2D eigenvalue weighted by Crippen LogP contribution is -2.25. The van der Waals surface area contributed by atoms with Gasteiger partial charge in [-0.3, -0.25) is 0 Å². The molecule has 0 radical (unpaired) electrons. The van der Waals surface area contributed by atoms with Crippen LogP contribution in [0.15, 0.2) is 0 Å². The fraction of sp³-hybridized carbons (Fsp3) is 1.00. The quantitative estimate of drug-likeness (QED) is 0.252. The average Bonchev–Trinajstić information content (AvgIpc) is 2.36. The van der Waals surface area contributed by atoms with E-state index in [1.54, 1.807) is 0 Å². The average molecular weight is 642 g/mol. The van der Waals surface area contributed by atoms with Crippen molar-refractivity contribution in [3.8, 4) is 0 Å². The summed E-state index contributed by atoms with van der Waals surface area (Å²) in [5.41, 5.74) is 0. The Morgan fingerprint density at radius 2 is 0.444 bits per heavy atom. The summed E-state index contributed by atoms with van der Waals surface area (Å²) < 4.78 is 0. The van der Waals surface area contributed by atoms with E-state index in [0.29, 0.717) is 29.0 Å². The minimum atomic E-state index is 0.560. The van der Waals surface area contributed by atoms with Crippen LogP contribution in [-0.4, -0.2) is 29.0 Å². The van der Waals surface area contributed by atoms with Crippen molar-refractivity contribution in [2.75, 3.05) is 0 Å². The highest BCUT2D eigenvalue weighted by Gasteiger charge is 2.25. The van der Waals surface area contributed by atoms with Gasteiger partial charge in [0, 0.05) is 29.0 Å². The van der Waals surface area contributed by atoms with Crippen LogP contribution >= 0.6 is 95.6 Å². The Bertz CT molecular complexity index is 175. The van der Waals surface area contributed by atoms with Crippen LogP contribution in [0.4, 0.5) is 0 Å². The molecule has 1 aliphatic carbocycles. The first-order valence-electron chi connectivity index (χ1n) is 6.26. The second-order valence-electron chi connectivity index (χ2n) is 4.83. The van der Waals surface area contributed by atoms with Gasteiger partial charge in [-0.25, -0.2) is 0 Å². The van der Waals surface area contributed by atoms with Crippen molar-refractivity contribution >= 4 is 95.6 Å². The third-order valence-electron chi connectivity index (χ3n) is 3.33. The number of halogens is 6. The summed E-state index contributed by atoms with van der Waals surface area (Å²) in [6.07, 6.45) is 7.24. The molecule has 1 aliphatic rings. The molecule has 0 saturated heterocycles. The fourth-order valence-corrected chi connectivity index (χ4v) is 5.21. The lowest BCUT2D eigenvalue weighted by molar-refractivity contribution is 0.557. The minimum Gasteiger partial charge on any atom is -0.0879 e. The van der Waals surface area contributed by atoms with Gasteiger partial charge >= 0.3 is 0 Å². The molecule has 0 spiro atoms. The smallest absolute Gasteiger partial charge is 0.0271 e. The normalized spacial score (nSPS) is 45.0. The van der Waals surface area contributed by atoms with Gasteiger partial charge < -0.3 is 0 Å². The molecule has 6 heteroatoms. The van der Waals surface area contributed by atoms with Crippen LogP contribution in [0.25, 0.3) is 0 Å². The molecule has 18 heavy (non-hydrogen) atoms. The van der Waals surface area contributed by atoms with Crippen LogP contribution in [-0.2, 0) is 0 Å². The van der Waals surface area contributed by atoms with Crippen molar-refractivity contribution in [3.05, 3.63) is 0 Å². The summed E-state index contributed by atoms with van der Waals surface area (Å²) in [4.78, 5) is 3.36. The van der Waals surface area contributed by atoms with Gasteiger partial charge in [-0.2, -0.15) is 0 Å². The van der Waals surface area contributed by atoms with Gasteiger partial charge in [-0.15, -0.1) is 0 Å². The summed E-state index contributed by atoms with van der Waals surface area (Å²) in [5, 5.41) is 0. The van der Waals surface area contributed by atoms with Crippen LogP contribution in [0.2, 0.25) is 0 Å². The second-order valence-corrected chi connectivity index (χ2v) is 11.9. The van der Waals surface area contributed by atoms with E-state index in [0.717, 1.165) is 0 Å². The topological polar surface area (TPSA) is 0 Å². The van der Waals surface area contributed by atoms with Crippen LogP contribution in [0.3, 0.4) is 0 Å². The van der Waals surface area contributed by atoms with E-state index >= 15 is 0 Å². The Hall–Kier alpha value is 2.88. The molecule has 0 aromatic carbocycles. The molecule has 1 rings (SSSR count). The lowest BCUT2D eigenvalue weighted by Gasteiger charge is -2.25. The predicted octanol–water partition coefficient (Wildman–Crippen LogP) is 6.92. The Labute approximate surface area is 161 Å². The minimum absolute atomic E-state index is 0.560. The Balaban J connectivity index is 2.61. The van der Waals surface area contributed by atoms with Gasteiger partial charge in [0.2, 0.25) is 0 Å². The molecule has 0 aliphatic heterocycles. The first kappa shape index (κ1) is 18.9. The summed E-state index contributed by atoms with van der Waals surface area (Å²) in [6, 6.07) is 0. The van der Waals surface area contributed by atoms with Crippen molar-refractivity contribution in [2.24, 2.45) is 0 Å². The Kier molecular flexibility index (Phi) is 10.3. The van der Waals surface area contributed by atoms with Crippen molar-refractivity contribution in [1.29, 1.82) is 0 Å². The standard InChI is InChI=1S/C12H18Br6/c13-7-1-2-8(14)10(16)5-6-12(18)11(17)4-3-9(7)15/h7-12H,1-6H2/t7-,8-,9-,10-,11-,12+/m0/s1. The molecular weight excluding hydrogens is 624 g/mol. The van der Waals surface area contributed by atoms with Gasteiger partial charge in [-0.05, 0) is 38.5 Å². The SMILES string of the molecule is Br[C@@H]1CC[C@H](Br)[C@@H](Br)CC[C@H](Br)[C@@H](Br)CC[C@@H]1Br. The second kappa shape index (κ2) is 9.81. The highest BCUT2D eigenvalue weighted by Crippen LogP contribution is 2.34. The molecule has 108 valence electrons. The maximum Gasteiger partial charge on any atom is 0.0271 e. The lowest BCUT2D eigenvalue weighted by atomic mass is 10.0. The molecular formula is C12H18Br6. The molecule has 0 amide bonds. The first-order chi connectivity index (χ1) is 8.41. The zero-order valence-corrected chi connectivity index (χ0v) is 19.5. The van der Waals surface area contributed by atoms with Crippen LogP contribution in [0.5, 0.6) is 0 Å². The summed E-state index contributed by atoms with van der Waals surface area (Å²) >= 11 is 22.9. The van der Waals surface area contributed by atoms with E-state index in [2.05, 4.69) is 95.6 Å². The van der Waals surface area contributed by atoms with E-state index in [-0.39, 0.29) is 0 Å². The highest BCUT2D eigenvalue weighted by atomic mass is 79.9. The maximum atomic E-state index is 3.82. The number of alkyl halides is 6. The number of rotatable bonds is 0. The molecule has 0 nitrogen and oxygen atoms in total. The van der Waals surface area contributed by atoms with Crippen LogP contribution in [0, 0.1) is 0 Å². The van der Waals surface area contributed by atoms with E-state index < -0.39 is 0 Å². The van der Waals surface area contributed by atoms with Gasteiger partial charge in [0.15, 0.2) is 0 Å². The molecule has 0 heterocycles. The molecule has 0 N–H and O–H groups in total. The Morgan fingerprint density at radius 3 is 0.556 bits per heavy atom. The summed E-state index contributed by atoms with van der Waals surface area (Å²) in [6.45, 7) is 0. The molecule has 1 saturated carbocycles. The third-order valence-corrected chi connectivity index (χ3v) is 12.0. The number of hydrogen-bond acceptors (Lipinski definition) is 0. The molecule has 1 fully saturated rings. The van der Waals surface area contributed by atoms with Crippen molar-refractivity contribution < 1.29 is 0 Å². The van der Waals surface area contributed by atoms with E-state index in [1.165, 1.54) is 38.5 Å². The predicted molar refractivity (Wildman–Crippen MR) is 104 cm³/mol. The zero-order chi connectivity index (χ0) is 13.7. The maximum absolute atomic E-state index is 3.82. The largest absolute Gasteiger partial charge is 0.0879 e. The van der Waals surface area contributed by atoms with Crippen LogP contribution < -0.4 is 0 Å². The summed E-state index contributed by atoms with van der Waals surface area (Å²) in [7, 11) is 0. The summed E-state index contributed by atoms with van der Waals surface area (Å²) in [5.74, 6) is 0. The molecule has 6 atom stereocenters. The fourth-order valence-electron chi connectivity index (χ4n) is 2.04. The van der Waals surface area contributed by atoms with E-state index in [4.69, 9.17) is 0 Å². The first-order valence-corrected chi connectivity index (χ1v) is 11.8. The monoisotopic (exact) mass is 636 g/mol. The van der Waals surface area contributed by atoms with Crippen LogP contribution in [0.1, 0.15) is 38.5 Å². The van der Waals surface area contributed by atoms with Gasteiger partial charge in [0.05, 0.1) is 0 Å². The molecule has 0 bridgehead atoms. The third kappa shape index (κ3) is 6.76. The Morgan fingerprint density at radius 1 is 0.333 bits per heavy atom. The van der Waals surface area contributed by atoms with Gasteiger partial charge in [0.1, 0.15) is 0 Å². The molecule has 0 unspecified atom stereocenters. The van der Waals surface area contributed by atoms with Gasteiger partial charge in [-0.1, -0.05) is 95.6 Å². The van der Waals surface area contributed by atoms with Crippen molar-refractivity contribution in [1.82, 2.24) is 0 Å². The van der Waals surface area contributed by atoms with Crippen molar-refractivity contribution in [3.63, 3.8) is 0 Å². The highest BCUT2D eigenvalue weighted by molar-refractivity contribution is 9.13.